The summed E-state index contributed by atoms with van der Waals surface area (Å²) in [7, 11) is 0. The highest BCUT2D eigenvalue weighted by atomic mass is 19.3. The molecule has 0 rings (SSSR count). The Morgan fingerprint density at radius 2 is 1.62 bits per heavy atom. The van der Waals surface area contributed by atoms with Crippen LogP contribution in [0.1, 0.15) is 0 Å². The molecule has 0 aromatic rings. The van der Waals surface area contributed by atoms with Gasteiger partial charge in [0.2, 0.25) is 0 Å². The number of rotatable bonds is 5. The minimum Gasteiger partial charge on any atom is -0.394 e. The molecule has 0 unspecified atom stereocenters. The summed E-state index contributed by atoms with van der Waals surface area (Å²) in [5.74, 6) is -5.55. The lowest BCUT2D eigenvalue weighted by molar-refractivity contribution is -0.374. The van der Waals surface area contributed by atoms with E-state index in [1.807, 2.05) is 0 Å². The normalized spacial score (nSPS) is 13.8. The van der Waals surface area contributed by atoms with Crippen LogP contribution in [0.15, 0.2) is 0 Å². The zero-order chi connectivity index (χ0) is 10.7. The number of aliphatic hydroxyl groups excluding tert-OH is 1. The predicted octanol–water partition coefficient (Wildman–Crippen LogP) is 1.49. The van der Waals surface area contributed by atoms with Crippen LogP contribution in [-0.2, 0) is 4.74 Å². The summed E-state index contributed by atoms with van der Waals surface area (Å²) < 4.78 is 73.9. The fraction of sp³-hybridized carbons (Fsp3) is 1.00. The molecule has 0 atom stereocenters. The first-order valence-corrected chi connectivity index (χ1v) is 3.04. The summed E-state index contributed by atoms with van der Waals surface area (Å²) in [6.07, 6.45) is -9.80. The van der Waals surface area contributed by atoms with Crippen molar-refractivity contribution in [2.24, 2.45) is 0 Å². The van der Waals surface area contributed by atoms with E-state index in [2.05, 4.69) is 4.74 Å². The molecule has 80 valence electrons. The molecule has 0 aliphatic rings. The Bertz CT molecular complexity index is 159. The number of aliphatic hydroxyl groups is 1. The molecule has 0 aromatic heterocycles. The Balaban J connectivity index is 4.41. The molecule has 0 aliphatic carbocycles. The largest absolute Gasteiger partial charge is 0.425 e. The van der Waals surface area contributed by atoms with Crippen molar-refractivity contribution in [3.8, 4) is 0 Å². The molecular weight excluding hydrogens is 206 g/mol. The van der Waals surface area contributed by atoms with Gasteiger partial charge in [0.1, 0.15) is 0 Å². The van der Waals surface area contributed by atoms with Crippen molar-refractivity contribution in [1.82, 2.24) is 0 Å². The van der Waals surface area contributed by atoms with Crippen molar-refractivity contribution < 1.29 is 36.2 Å². The summed E-state index contributed by atoms with van der Waals surface area (Å²) in [5, 5.41) is 7.94. The quantitative estimate of drug-likeness (QED) is 0.699. The van der Waals surface area contributed by atoms with Crippen LogP contribution >= 0.6 is 0 Å². The summed E-state index contributed by atoms with van der Waals surface area (Å²) in [5.41, 5.74) is 0. The van der Waals surface area contributed by atoms with E-state index in [-0.39, 0.29) is 0 Å². The minimum atomic E-state index is -5.55. The van der Waals surface area contributed by atoms with Crippen molar-refractivity contribution in [2.45, 2.75) is 18.5 Å². The van der Waals surface area contributed by atoms with Crippen LogP contribution in [0.25, 0.3) is 0 Å². The first-order chi connectivity index (χ1) is 5.75. The van der Waals surface area contributed by atoms with E-state index in [0.29, 0.717) is 0 Å². The predicted molar refractivity (Wildman–Crippen MR) is 28.9 cm³/mol. The van der Waals surface area contributed by atoms with Crippen molar-refractivity contribution in [2.75, 3.05) is 13.2 Å². The van der Waals surface area contributed by atoms with Crippen molar-refractivity contribution in [3.05, 3.63) is 0 Å². The number of hydrogen-bond donors (Lipinski definition) is 1. The van der Waals surface area contributed by atoms with Crippen molar-refractivity contribution in [1.29, 1.82) is 0 Å². The molecule has 13 heavy (non-hydrogen) atoms. The topological polar surface area (TPSA) is 29.5 Å². The monoisotopic (exact) mass is 212 g/mol. The Hall–Kier alpha value is -0.500. The molecule has 0 bridgehead atoms. The Morgan fingerprint density at radius 3 is 1.92 bits per heavy atom. The molecule has 0 aromatic carbocycles. The molecule has 1 N–H and O–H groups in total. The van der Waals surface area contributed by atoms with Gasteiger partial charge in [0.25, 0.3) is 0 Å². The van der Waals surface area contributed by atoms with Gasteiger partial charge in [-0.1, -0.05) is 0 Å². The number of hydrogen-bond acceptors (Lipinski definition) is 2. The standard InChI is InChI=1S/C5H6F6O2/c6-3(7)4(8,9)5(10,11)13-2-1-12/h3,12H,1-2H2. The SMILES string of the molecule is OCCOC(F)(F)C(F)(F)C(F)F. The van der Waals surface area contributed by atoms with Crippen molar-refractivity contribution >= 4 is 0 Å². The highest BCUT2D eigenvalue weighted by Crippen LogP contribution is 2.39. The fourth-order valence-corrected chi connectivity index (χ4v) is 0.397. The van der Waals surface area contributed by atoms with Gasteiger partial charge >= 0.3 is 18.5 Å². The molecule has 0 spiro atoms. The number of alkyl halides is 6. The van der Waals surface area contributed by atoms with Gasteiger partial charge < -0.3 is 9.84 Å². The van der Waals surface area contributed by atoms with Crippen LogP contribution in [0.5, 0.6) is 0 Å². The van der Waals surface area contributed by atoms with Gasteiger partial charge in [0.15, 0.2) is 0 Å². The first kappa shape index (κ1) is 12.5. The molecule has 0 heterocycles. The lowest BCUT2D eigenvalue weighted by atomic mass is 10.3. The second kappa shape index (κ2) is 4.14. The fourth-order valence-electron chi connectivity index (χ4n) is 0.397. The van der Waals surface area contributed by atoms with E-state index in [0.717, 1.165) is 0 Å². The van der Waals surface area contributed by atoms with Gasteiger partial charge in [-0.15, -0.1) is 0 Å². The van der Waals surface area contributed by atoms with Crippen LogP contribution in [0.2, 0.25) is 0 Å². The molecule has 2 nitrogen and oxygen atoms in total. The van der Waals surface area contributed by atoms with E-state index >= 15 is 0 Å². The third-order valence-electron chi connectivity index (χ3n) is 1.04. The smallest absolute Gasteiger partial charge is 0.394 e. The number of halogens is 6. The maximum atomic E-state index is 12.1. The van der Waals surface area contributed by atoms with Crippen molar-refractivity contribution in [3.63, 3.8) is 0 Å². The maximum absolute atomic E-state index is 12.1. The molecule has 0 fully saturated rings. The van der Waals surface area contributed by atoms with E-state index in [9.17, 15) is 26.3 Å². The highest BCUT2D eigenvalue weighted by Gasteiger charge is 2.64. The molecule has 0 saturated heterocycles. The van der Waals surface area contributed by atoms with E-state index in [1.165, 1.54) is 0 Å². The Morgan fingerprint density at radius 1 is 1.15 bits per heavy atom. The van der Waals surface area contributed by atoms with Gasteiger partial charge in [0.05, 0.1) is 13.2 Å². The van der Waals surface area contributed by atoms with Crippen LogP contribution < -0.4 is 0 Å². The van der Waals surface area contributed by atoms with Gasteiger partial charge in [-0.2, -0.15) is 17.6 Å². The zero-order valence-corrected chi connectivity index (χ0v) is 6.11. The lowest BCUT2D eigenvalue weighted by Crippen LogP contribution is -2.48. The van der Waals surface area contributed by atoms with E-state index in [1.54, 1.807) is 0 Å². The lowest BCUT2D eigenvalue weighted by Gasteiger charge is -2.24. The van der Waals surface area contributed by atoms with Gasteiger partial charge in [-0.05, 0) is 0 Å². The summed E-state index contributed by atoms with van der Waals surface area (Å²) in [4.78, 5) is 0. The Labute approximate surface area is 69.1 Å². The minimum absolute atomic E-state index is 0.963. The van der Waals surface area contributed by atoms with Gasteiger partial charge in [-0.3, -0.25) is 0 Å². The molecule has 8 heteroatoms. The van der Waals surface area contributed by atoms with Crippen LogP contribution in [-0.4, -0.2) is 36.8 Å². The second-order valence-electron chi connectivity index (χ2n) is 2.01. The molecule has 0 amide bonds. The van der Waals surface area contributed by atoms with Gasteiger partial charge in [0, 0.05) is 0 Å². The van der Waals surface area contributed by atoms with E-state index in [4.69, 9.17) is 5.11 Å². The van der Waals surface area contributed by atoms with Crippen LogP contribution in [0.4, 0.5) is 26.3 Å². The third-order valence-corrected chi connectivity index (χ3v) is 1.04. The molecule has 0 saturated carbocycles. The Kier molecular flexibility index (Phi) is 3.98. The van der Waals surface area contributed by atoms with E-state index < -0.39 is 31.7 Å². The average molecular weight is 212 g/mol. The second-order valence-corrected chi connectivity index (χ2v) is 2.01. The third kappa shape index (κ3) is 2.73. The summed E-state index contributed by atoms with van der Waals surface area (Å²) >= 11 is 0. The summed E-state index contributed by atoms with van der Waals surface area (Å²) in [6.45, 7) is -2.11. The van der Waals surface area contributed by atoms with Crippen LogP contribution in [0, 0.1) is 0 Å². The molecular formula is C5H6F6O2. The molecule has 0 radical (unpaired) electrons. The summed E-state index contributed by atoms with van der Waals surface area (Å²) in [6, 6.07) is 0. The van der Waals surface area contributed by atoms with Gasteiger partial charge in [-0.25, -0.2) is 8.78 Å². The molecule has 0 aliphatic heterocycles. The average Bonchev–Trinajstić information content (AvgIpc) is 2.00. The maximum Gasteiger partial charge on any atom is 0.425 e. The zero-order valence-electron chi connectivity index (χ0n) is 6.11. The highest BCUT2D eigenvalue weighted by molar-refractivity contribution is 4.79. The first-order valence-electron chi connectivity index (χ1n) is 3.04. The number of ether oxygens (including phenoxy) is 1. The van der Waals surface area contributed by atoms with Crippen LogP contribution in [0.3, 0.4) is 0 Å².